The molecule has 0 spiro atoms. The van der Waals surface area contributed by atoms with Crippen molar-refractivity contribution in [3.63, 3.8) is 0 Å². The van der Waals surface area contributed by atoms with Crippen molar-refractivity contribution in [2.75, 3.05) is 25.0 Å². The number of amides is 1. The number of halogens is 1. The van der Waals surface area contributed by atoms with Crippen LogP contribution in [0.4, 0.5) is 5.95 Å². The molecule has 2 N–H and O–H groups in total. The fraction of sp³-hybridized carbons (Fsp3) is 0.353. The third-order valence-electron chi connectivity index (χ3n) is 3.95. The molecule has 0 aliphatic rings. The average Bonchev–Trinajstić information content (AvgIpc) is 2.68. The summed E-state index contributed by atoms with van der Waals surface area (Å²) < 4.78 is 25.7. The molecule has 0 fully saturated rings. The third-order valence-corrected chi connectivity index (χ3v) is 5.66. The molecule has 1 aromatic carbocycles. The summed E-state index contributed by atoms with van der Waals surface area (Å²) in [5.74, 6) is 0.0129. The van der Waals surface area contributed by atoms with Gasteiger partial charge < -0.3 is 10.2 Å². The molecule has 0 atom stereocenters. The Bertz CT molecular complexity index is 899. The van der Waals surface area contributed by atoms with E-state index < -0.39 is 15.9 Å². The summed E-state index contributed by atoms with van der Waals surface area (Å²) in [6.45, 7) is 5.57. The van der Waals surface area contributed by atoms with Gasteiger partial charge >= 0.3 is 0 Å². The molecule has 1 heterocycles. The van der Waals surface area contributed by atoms with E-state index in [0.29, 0.717) is 19.0 Å². The summed E-state index contributed by atoms with van der Waals surface area (Å²) in [4.78, 5) is 22.9. The van der Waals surface area contributed by atoms with Crippen LogP contribution in [0.15, 0.2) is 35.4 Å². The number of sulfonamides is 1. The van der Waals surface area contributed by atoms with Crippen LogP contribution in [0.25, 0.3) is 0 Å². The SMILES string of the molecule is CCN(CC)c1ncc(Cl)c(C(=O)NCc2ccc(S(=O)(=O)NC)cc2)n1. The van der Waals surface area contributed by atoms with Gasteiger partial charge in [0.05, 0.1) is 16.1 Å². The van der Waals surface area contributed by atoms with Gasteiger partial charge in [-0.3, -0.25) is 4.79 Å². The maximum Gasteiger partial charge on any atom is 0.271 e. The van der Waals surface area contributed by atoms with Crippen molar-refractivity contribution in [3.8, 4) is 0 Å². The molecule has 2 rings (SSSR count). The molecule has 0 aliphatic heterocycles. The van der Waals surface area contributed by atoms with E-state index in [1.54, 1.807) is 12.1 Å². The number of carbonyl (C=O) groups is 1. The van der Waals surface area contributed by atoms with Crippen molar-refractivity contribution in [1.29, 1.82) is 0 Å². The number of hydrogen-bond acceptors (Lipinski definition) is 6. The second kappa shape index (κ2) is 9.12. The highest BCUT2D eigenvalue weighted by molar-refractivity contribution is 7.89. The van der Waals surface area contributed by atoms with Gasteiger partial charge in [0.2, 0.25) is 16.0 Å². The smallest absolute Gasteiger partial charge is 0.271 e. The first kappa shape index (κ1) is 21.1. The normalized spacial score (nSPS) is 11.3. The largest absolute Gasteiger partial charge is 0.347 e. The average molecular weight is 412 g/mol. The van der Waals surface area contributed by atoms with Crippen LogP contribution in [-0.4, -0.2) is 44.4 Å². The Hall–Kier alpha value is -2.23. The number of rotatable bonds is 8. The molecule has 10 heteroatoms. The summed E-state index contributed by atoms with van der Waals surface area (Å²) in [5, 5.41) is 2.90. The van der Waals surface area contributed by atoms with E-state index >= 15 is 0 Å². The lowest BCUT2D eigenvalue weighted by atomic mass is 10.2. The molecule has 1 amide bonds. The number of hydrogen-bond donors (Lipinski definition) is 2. The van der Waals surface area contributed by atoms with E-state index in [-0.39, 0.29) is 22.2 Å². The van der Waals surface area contributed by atoms with Gasteiger partial charge in [-0.25, -0.2) is 23.1 Å². The predicted molar refractivity (Wildman–Crippen MR) is 104 cm³/mol. The van der Waals surface area contributed by atoms with Crippen LogP contribution in [0.3, 0.4) is 0 Å². The van der Waals surface area contributed by atoms with Crippen LogP contribution in [0, 0.1) is 0 Å². The quantitative estimate of drug-likeness (QED) is 0.686. The van der Waals surface area contributed by atoms with E-state index in [1.165, 1.54) is 25.4 Å². The number of nitrogens with zero attached hydrogens (tertiary/aromatic N) is 3. The summed E-state index contributed by atoms with van der Waals surface area (Å²) in [6, 6.07) is 6.22. The van der Waals surface area contributed by atoms with Gasteiger partial charge in [-0.2, -0.15) is 0 Å². The maximum absolute atomic E-state index is 12.5. The minimum Gasteiger partial charge on any atom is -0.347 e. The van der Waals surface area contributed by atoms with Crippen molar-refractivity contribution in [1.82, 2.24) is 20.0 Å². The molecule has 0 unspecified atom stereocenters. The standard InChI is InChI=1S/C17H22ClN5O3S/c1-4-23(5-2)17-21-11-14(18)15(22-17)16(24)20-10-12-6-8-13(9-7-12)27(25,26)19-3/h6-9,11,19H,4-5,10H2,1-3H3,(H,20,24). The number of aromatic nitrogens is 2. The minimum absolute atomic E-state index is 0.1000. The zero-order chi connectivity index (χ0) is 20.0. The lowest BCUT2D eigenvalue weighted by Crippen LogP contribution is -2.28. The minimum atomic E-state index is -3.49. The highest BCUT2D eigenvalue weighted by atomic mass is 35.5. The molecule has 0 saturated heterocycles. The molecule has 8 nitrogen and oxygen atoms in total. The topological polar surface area (TPSA) is 104 Å². The van der Waals surface area contributed by atoms with Crippen LogP contribution in [-0.2, 0) is 16.6 Å². The number of benzene rings is 1. The van der Waals surface area contributed by atoms with Crippen LogP contribution in [0.5, 0.6) is 0 Å². The maximum atomic E-state index is 12.5. The van der Waals surface area contributed by atoms with Crippen molar-refractivity contribution < 1.29 is 13.2 Å². The zero-order valence-electron chi connectivity index (χ0n) is 15.4. The molecular weight excluding hydrogens is 390 g/mol. The number of nitrogens with one attached hydrogen (secondary N) is 2. The van der Waals surface area contributed by atoms with Gasteiger partial charge in [0.1, 0.15) is 0 Å². The van der Waals surface area contributed by atoms with E-state index in [4.69, 9.17) is 11.6 Å². The highest BCUT2D eigenvalue weighted by Gasteiger charge is 2.16. The lowest BCUT2D eigenvalue weighted by molar-refractivity contribution is 0.0946. The van der Waals surface area contributed by atoms with Crippen molar-refractivity contribution in [2.45, 2.75) is 25.3 Å². The lowest BCUT2D eigenvalue weighted by Gasteiger charge is -2.19. The van der Waals surface area contributed by atoms with Gasteiger partial charge in [0.25, 0.3) is 5.91 Å². The van der Waals surface area contributed by atoms with Gasteiger partial charge in [0.15, 0.2) is 5.69 Å². The van der Waals surface area contributed by atoms with Crippen molar-refractivity contribution in [2.24, 2.45) is 0 Å². The number of anilines is 1. The summed E-state index contributed by atoms with van der Waals surface area (Å²) in [7, 11) is -2.14. The highest BCUT2D eigenvalue weighted by Crippen LogP contribution is 2.17. The zero-order valence-corrected chi connectivity index (χ0v) is 16.9. The molecular formula is C17H22ClN5O3S. The molecule has 0 radical (unpaired) electrons. The monoisotopic (exact) mass is 411 g/mol. The van der Waals surface area contributed by atoms with E-state index in [9.17, 15) is 13.2 Å². The first-order valence-electron chi connectivity index (χ1n) is 8.40. The second-order valence-electron chi connectivity index (χ2n) is 5.57. The molecule has 0 saturated carbocycles. The summed E-state index contributed by atoms with van der Waals surface area (Å²) in [5.41, 5.74) is 0.843. The Morgan fingerprint density at radius 2 is 1.81 bits per heavy atom. The number of carbonyl (C=O) groups excluding carboxylic acids is 1. The molecule has 1 aromatic heterocycles. The fourth-order valence-electron chi connectivity index (χ4n) is 2.35. The van der Waals surface area contributed by atoms with Gasteiger partial charge in [-0.05, 0) is 38.6 Å². The van der Waals surface area contributed by atoms with Crippen molar-refractivity contribution in [3.05, 3.63) is 46.7 Å². The Balaban J connectivity index is 2.11. The van der Waals surface area contributed by atoms with E-state index in [0.717, 1.165) is 5.56 Å². The van der Waals surface area contributed by atoms with Crippen LogP contribution < -0.4 is 14.9 Å². The first-order valence-corrected chi connectivity index (χ1v) is 10.3. The van der Waals surface area contributed by atoms with Crippen LogP contribution in [0.1, 0.15) is 29.9 Å². The molecule has 0 aliphatic carbocycles. The Morgan fingerprint density at radius 1 is 1.19 bits per heavy atom. The van der Waals surface area contributed by atoms with Gasteiger partial charge in [-0.15, -0.1) is 0 Å². The van der Waals surface area contributed by atoms with Gasteiger partial charge in [0, 0.05) is 19.6 Å². The van der Waals surface area contributed by atoms with E-state index in [1.807, 2.05) is 18.7 Å². The Morgan fingerprint density at radius 3 is 2.37 bits per heavy atom. The van der Waals surface area contributed by atoms with Gasteiger partial charge in [-0.1, -0.05) is 23.7 Å². The molecule has 27 heavy (non-hydrogen) atoms. The predicted octanol–water partition coefficient (Wildman–Crippen LogP) is 1.81. The summed E-state index contributed by atoms with van der Waals surface area (Å²) >= 11 is 6.07. The van der Waals surface area contributed by atoms with Crippen LogP contribution >= 0.6 is 11.6 Å². The molecule has 2 aromatic rings. The second-order valence-corrected chi connectivity index (χ2v) is 7.87. The van der Waals surface area contributed by atoms with Crippen LogP contribution in [0.2, 0.25) is 5.02 Å². The third kappa shape index (κ3) is 5.15. The first-order chi connectivity index (χ1) is 12.8. The summed E-state index contributed by atoms with van der Waals surface area (Å²) in [6.07, 6.45) is 1.41. The molecule has 146 valence electrons. The van der Waals surface area contributed by atoms with E-state index in [2.05, 4.69) is 20.0 Å². The molecule has 0 bridgehead atoms. The Labute approximate surface area is 164 Å². The fourth-order valence-corrected chi connectivity index (χ4v) is 3.25. The Kier molecular flexibility index (Phi) is 7.11. The van der Waals surface area contributed by atoms with Crippen molar-refractivity contribution >= 4 is 33.5 Å².